The topological polar surface area (TPSA) is 47.9 Å². The fourth-order valence-corrected chi connectivity index (χ4v) is 2.74. The summed E-state index contributed by atoms with van der Waals surface area (Å²) in [6.45, 7) is 6.01. The van der Waals surface area contributed by atoms with Crippen molar-refractivity contribution in [3.63, 3.8) is 0 Å². The number of benzene rings is 2. The number of aliphatic hydroxyl groups is 1. The number of hydrogen-bond acceptors (Lipinski definition) is 4. The van der Waals surface area contributed by atoms with Crippen LogP contribution in [-0.4, -0.2) is 18.5 Å². The van der Waals surface area contributed by atoms with Crippen molar-refractivity contribution in [2.45, 2.75) is 26.1 Å². The Bertz CT molecular complexity index is 790. The van der Waals surface area contributed by atoms with Crippen molar-refractivity contribution in [1.82, 2.24) is 0 Å². The molecule has 0 amide bonds. The quantitative estimate of drug-likeness (QED) is 0.780. The Morgan fingerprint density at radius 2 is 1.88 bits per heavy atom. The largest absolute Gasteiger partial charge is 0.497 e. The van der Waals surface area contributed by atoms with Crippen LogP contribution in [0.5, 0.6) is 17.2 Å². The highest BCUT2D eigenvalue weighted by Crippen LogP contribution is 2.36. The van der Waals surface area contributed by atoms with E-state index in [0.29, 0.717) is 17.1 Å². The number of ether oxygens (including phenoxy) is 3. The lowest BCUT2D eigenvalue weighted by molar-refractivity contribution is 0.0319. The molecule has 2 aromatic carbocycles. The molecule has 1 atom stereocenters. The second-order valence-corrected chi connectivity index (χ2v) is 5.89. The van der Waals surface area contributed by atoms with Crippen LogP contribution in [0.1, 0.15) is 30.9 Å². The minimum atomic E-state index is -1.01. The molecule has 3 rings (SSSR count). The highest BCUT2D eigenvalue weighted by atomic mass is 16.6. The first-order valence-electron chi connectivity index (χ1n) is 8.31. The van der Waals surface area contributed by atoms with E-state index in [1.54, 1.807) is 13.2 Å². The molecule has 0 aliphatic carbocycles. The number of aliphatic hydroxyl groups excluding tert-OH is 1. The van der Waals surface area contributed by atoms with Gasteiger partial charge in [0.2, 0.25) is 6.29 Å². The Morgan fingerprint density at radius 3 is 2.56 bits per heavy atom. The first-order valence-corrected chi connectivity index (χ1v) is 8.31. The van der Waals surface area contributed by atoms with Gasteiger partial charge in [-0.1, -0.05) is 25.6 Å². The van der Waals surface area contributed by atoms with E-state index < -0.39 is 6.29 Å². The van der Waals surface area contributed by atoms with Crippen LogP contribution in [-0.2, 0) is 0 Å². The lowest BCUT2D eigenvalue weighted by Crippen LogP contribution is -2.21. The van der Waals surface area contributed by atoms with Crippen molar-refractivity contribution < 1.29 is 19.3 Å². The molecule has 0 aromatic heterocycles. The maximum atomic E-state index is 10.3. The van der Waals surface area contributed by atoms with E-state index in [4.69, 9.17) is 14.2 Å². The third-order valence-corrected chi connectivity index (χ3v) is 4.01. The third-order valence-electron chi connectivity index (χ3n) is 4.01. The van der Waals surface area contributed by atoms with Crippen LogP contribution in [0.15, 0.2) is 54.8 Å². The Morgan fingerprint density at radius 1 is 1.16 bits per heavy atom. The zero-order valence-corrected chi connectivity index (χ0v) is 14.5. The molecule has 0 saturated heterocycles. The molecule has 0 bridgehead atoms. The Hall–Kier alpha value is -2.72. The predicted octanol–water partition coefficient (Wildman–Crippen LogP) is 4.64. The van der Waals surface area contributed by atoms with Crippen molar-refractivity contribution >= 4 is 11.6 Å². The summed E-state index contributed by atoms with van der Waals surface area (Å²) in [6, 6.07) is 13.0. The number of hydrogen-bond donors (Lipinski definition) is 1. The maximum absolute atomic E-state index is 10.3. The maximum Gasteiger partial charge on any atom is 0.224 e. The average Bonchev–Trinajstić information content (AvgIpc) is 2.62. The predicted molar refractivity (Wildman–Crippen MR) is 98.6 cm³/mol. The van der Waals surface area contributed by atoms with Gasteiger partial charge in [-0.2, -0.15) is 0 Å². The molecule has 1 N–H and O–H groups in total. The Balaban J connectivity index is 1.90. The highest BCUT2D eigenvalue weighted by Gasteiger charge is 2.22. The molecular weight excluding hydrogens is 316 g/mol. The minimum absolute atomic E-state index is 0.623. The molecule has 130 valence electrons. The first-order chi connectivity index (χ1) is 12.1. The SMILES string of the molecule is C=C(CCC)Oc1ccc2c(c1)C=C(c1ccc(OC)cc1)C(O)O2. The van der Waals surface area contributed by atoms with Gasteiger partial charge in [-0.25, -0.2) is 0 Å². The highest BCUT2D eigenvalue weighted by molar-refractivity contribution is 5.87. The van der Waals surface area contributed by atoms with Gasteiger partial charge in [0.05, 0.1) is 12.9 Å². The summed E-state index contributed by atoms with van der Waals surface area (Å²) in [5, 5.41) is 10.3. The Kier molecular flexibility index (Phi) is 5.10. The van der Waals surface area contributed by atoms with Crippen LogP contribution in [0.25, 0.3) is 11.6 Å². The summed E-state index contributed by atoms with van der Waals surface area (Å²) in [5.41, 5.74) is 2.43. The van der Waals surface area contributed by atoms with E-state index in [0.717, 1.165) is 35.5 Å². The fraction of sp³-hybridized carbons (Fsp3) is 0.238. The number of allylic oxidation sites excluding steroid dienone is 1. The average molecular weight is 338 g/mol. The molecule has 0 radical (unpaired) electrons. The molecule has 1 unspecified atom stereocenters. The zero-order valence-electron chi connectivity index (χ0n) is 14.5. The summed E-state index contributed by atoms with van der Waals surface area (Å²) in [7, 11) is 1.62. The van der Waals surface area contributed by atoms with Gasteiger partial charge in [-0.05, 0) is 48.4 Å². The van der Waals surface area contributed by atoms with Crippen molar-refractivity contribution in [2.24, 2.45) is 0 Å². The van der Waals surface area contributed by atoms with E-state index in [1.165, 1.54) is 0 Å². The summed E-state index contributed by atoms with van der Waals surface area (Å²) in [5.74, 6) is 2.83. The molecule has 0 spiro atoms. The van der Waals surface area contributed by atoms with Gasteiger partial charge in [0.15, 0.2) is 0 Å². The van der Waals surface area contributed by atoms with Crippen molar-refractivity contribution in [1.29, 1.82) is 0 Å². The van der Waals surface area contributed by atoms with E-state index >= 15 is 0 Å². The molecule has 1 aliphatic heterocycles. The second-order valence-electron chi connectivity index (χ2n) is 5.89. The molecule has 25 heavy (non-hydrogen) atoms. The third kappa shape index (κ3) is 3.86. The molecule has 1 heterocycles. The monoisotopic (exact) mass is 338 g/mol. The zero-order chi connectivity index (χ0) is 17.8. The molecule has 4 nitrogen and oxygen atoms in total. The summed E-state index contributed by atoms with van der Waals surface area (Å²) in [6.07, 6.45) is 2.71. The second kappa shape index (κ2) is 7.45. The van der Waals surface area contributed by atoms with Gasteiger partial charge in [0.25, 0.3) is 0 Å². The lowest BCUT2D eigenvalue weighted by Gasteiger charge is -2.24. The van der Waals surface area contributed by atoms with E-state index in [9.17, 15) is 5.11 Å². The summed E-state index contributed by atoms with van der Waals surface area (Å²) < 4.78 is 16.6. The lowest BCUT2D eigenvalue weighted by atomic mass is 9.99. The van der Waals surface area contributed by atoms with Gasteiger partial charge in [0.1, 0.15) is 17.2 Å². The van der Waals surface area contributed by atoms with Gasteiger partial charge in [-0.3, -0.25) is 0 Å². The summed E-state index contributed by atoms with van der Waals surface area (Å²) >= 11 is 0. The fourth-order valence-electron chi connectivity index (χ4n) is 2.74. The van der Waals surface area contributed by atoms with Gasteiger partial charge >= 0.3 is 0 Å². The standard InChI is InChI=1S/C21H22O4/c1-4-5-14(2)24-18-10-11-20-16(12-18)13-19(21(22)25-20)15-6-8-17(23-3)9-7-15/h6-13,21-22H,2,4-5H2,1,3H3. The minimum Gasteiger partial charge on any atom is -0.497 e. The normalized spacial score (nSPS) is 15.6. The van der Waals surface area contributed by atoms with Crippen LogP contribution in [0, 0.1) is 0 Å². The smallest absolute Gasteiger partial charge is 0.224 e. The molecule has 1 aliphatic rings. The molecule has 0 fully saturated rings. The molecule has 4 heteroatoms. The van der Waals surface area contributed by atoms with Crippen molar-refractivity contribution in [2.75, 3.05) is 7.11 Å². The van der Waals surface area contributed by atoms with Crippen LogP contribution in [0.3, 0.4) is 0 Å². The molecule has 0 saturated carbocycles. The van der Waals surface area contributed by atoms with E-state index in [1.807, 2.05) is 42.5 Å². The van der Waals surface area contributed by atoms with Crippen molar-refractivity contribution in [3.8, 4) is 17.2 Å². The van der Waals surface area contributed by atoms with Crippen LogP contribution in [0.4, 0.5) is 0 Å². The van der Waals surface area contributed by atoms with Crippen LogP contribution in [0.2, 0.25) is 0 Å². The molecule has 2 aromatic rings. The van der Waals surface area contributed by atoms with Gasteiger partial charge in [-0.15, -0.1) is 0 Å². The Labute approximate surface area is 148 Å². The van der Waals surface area contributed by atoms with Crippen LogP contribution >= 0.6 is 0 Å². The first kappa shape index (κ1) is 17.1. The molecular formula is C21H22O4. The summed E-state index contributed by atoms with van der Waals surface area (Å²) in [4.78, 5) is 0. The number of rotatable bonds is 6. The number of fused-ring (bicyclic) bond motifs is 1. The van der Waals surface area contributed by atoms with Gasteiger partial charge < -0.3 is 19.3 Å². The van der Waals surface area contributed by atoms with Crippen LogP contribution < -0.4 is 14.2 Å². The van der Waals surface area contributed by atoms with Crippen molar-refractivity contribution in [3.05, 3.63) is 65.9 Å². The van der Waals surface area contributed by atoms with E-state index in [2.05, 4.69) is 13.5 Å². The number of methoxy groups -OCH3 is 1. The van der Waals surface area contributed by atoms with E-state index in [-0.39, 0.29) is 0 Å². The van der Waals surface area contributed by atoms with Gasteiger partial charge in [0, 0.05) is 17.6 Å².